The second-order valence-corrected chi connectivity index (χ2v) is 8.05. The number of anilines is 1. The fourth-order valence-corrected chi connectivity index (χ4v) is 4.04. The van der Waals surface area contributed by atoms with E-state index in [-0.39, 0.29) is 25.3 Å². The number of carbonyl (C=O) groups is 3. The molecule has 1 unspecified atom stereocenters. The van der Waals surface area contributed by atoms with Crippen LogP contribution in [0.2, 0.25) is 0 Å². The van der Waals surface area contributed by atoms with Crippen molar-refractivity contribution in [3.05, 3.63) is 29.8 Å². The lowest BCUT2D eigenvalue weighted by atomic mass is 9.91. The maximum Gasteiger partial charge on any atom is 0.240 e. The van der Waals surface area contributed by atoms with Crippen molar-refractivity contribution < 1.29 is 19.2 Å². The van der Waals surface area contributed by atoms with Gasteiger partial charge < -0.3 is 20.8 Å². The summed E-state index contributed by atoms with van der Waals surface area (Å²) in [6, 6.07) is 8.32. The molecule has 9 heteroatoms. The van der Waals surface area contributed by atoms with Crippen LogP contribution < -0.4 is 11.1 Å². The van der Waals surface area contributed by atoms with Crippen molar-refractivity contribution in [1.82, 2.24) is 4.90 Å². The zero-order valence-corrected chi connectivity index (χ0v) is 17.6. The summed E-state index contributed by atoms with van der Waals surface area (Å²) in [5.74, 6) is -1.11. The maximum atomic E-state index is 12.3. The molecule has 0 bridgehead atoms. The van der Waals surface area contributed by atoms with E-state index in [4.69, 9.17) is 15.8 Å². The van der Waals surface area contributed by atoms with E-state index < -0.39 is 23.5 Å². The molecule has 3 N–H and O–H groups in total. The minimum atomic E-state index is -0.848. The van der Waals surface area contributed by atoms with Crippen molar-refractivity contribution in [2.45, 2.75) is 63.5 Å². The van der Waals surface area contributed by atoms with Gasteiger partial charge in [0.15, 0.2) is 5.60 Å². The SMILES string of the molecule is CCCCCC(=O)Nc1cccc(C2=NOC3(C2)C[C@H](C(N)=O)N(C(=O)CC#N)C3)c1. The van der Waals surface area contributed by atoms with E-state index in [1.165, 1.54) is 4.90 Å². The number of oxime groups is 1. The summed E-state index contributed by atoms with van der Waals surface area (Å²) in [5, 5.41) is 15.9. The first-order chi connectivity index (χ1) is 14.9. The molecule has 0 aromatic heterocycles. The van der Waals surface area contributed by atoms with E-state index in [1.807, 2.05) is 30.3 Å². The topological polar surface area (TPSA) is 138 Å². The lowest BCUT2D eigenvalue weighted by Gasteiger charge is -2.22. The van der Waals surface area contributed by atoms with Gasteiger partial charge in [0.25, 0.3) is 0 Å². The second-order valence-electron chi connectivity index (χ2n) is 8.05. The number of primary amides is 1. The van der Waals surface area contributed by atoms with Crippen molar-refractivity contribution >= 4 is 29.1 Å². The van der Waals surface area contributed by atoms with Gasteiger partial charge in [0.1, 0.15) is 12.5 Å². The number of carbonyl (C=O) groups excluding carboxylic acids is 3. The van der Waals surface area contributed by atoms with Gasteiger partial charge in [-0.15, -0.1) is 0 Å². The van der Waals surface area contributed by atoms with Crippen LogP contribution in [0, 0.1) is 11.3 Å². The van der Waals surface area contributed by atoms with Crippen LogP contribution in [0.15, 0.2) is 29.4 Å². The molecule has 9 nitrogen and oxygen atoms in total. The van der Waals surface area contributed by atoms with Crippen LogP contribution in [0.4, 0.5) is 5.69 Å². The molecule has 164 valence electrons. The van der Waals surface area contributed by atoms with Gasteiger partial charge in [-0.1, -0.05) is 37.1 Å². The Kier molecular flexibility index (Phi) is 6.90. The first-order valence-electron chi connectivity index (χ1n) is 10.5. The molecule has 1 spiro atoms. The largest absolute Gasteiger partial charge is 0.387 e. The molecule has 2 aliphatic heterocycles. The molecule has 2 heterocycles. The first kappa shape index (κ1) is 22.3. The highest BCUT2D eigenvalue weighted by atomic mass is 16.7. The molecular weight excluding hydrogens is 398 g/mol. The van der Waals surface area contributed by atoms with Crippen LogP contribution >= 0.6 is 0 Å². The van der Waals surface area contributed by atoms with Gasteiger partial charge in [-0.3, -0.25) is 14.4 Å². The number of likely N-dealkylation sites (tertiary alicyclic amines) is 1. The van der Waals surface area contributed by atoms with E-state index >= 15 is 0 Å². The Balaban J connectivity index is 1.68. The summed E-state index contributed by atoms with van der Waals surface area (Å²) in [7, 11) is 0. The molecule has 1 aromatic carbocycles. The number of nitrogens with one attached hydrogen (secondary N) is 1. The van der Waals surface area contributed by atoms with E-state index in [1.54, 1.807) is 0 Å². The lowest BCUT2D eigenvalue weighted by Crippen LogP contribution is -2.43. The number of amides is 3. The summed E-state index contributed by atoms with van der Waals surface area (Å²) in [5.41, 5.74) is 6.77. The highest BCUT2D eigenvalue weighted by Gasteiger charge is 2.53. The Hall–Kier alpha value is -3.41. The van der Waals surface area contributed by atoms with Gasteiger partial charge in [0.2, 0.25) is 17.7 Å². The van der Waals surface area contributed by atoms with Gasteiger partial charge in [0, 0.05) is 30.5 Å². The van der Waals surface area contributed by atoms with Crippen LogP contribution in [0.1, 0.15) is 57.4 Å². The number of nitrogens with two attached hydrogens (primary N) is 1. The monoisotopic (exact) mass is 425 g/mol. The molecule has 1 saturated heterocycles. The third-order valence-corrected chi connectivity index (χ3v) is 5.61. The van der Waals surface area contributed by atoms with Gasteiger partial charge in [-0.05, 0) is 18.6 Å². The fourth-order valence-electron chi connectivity index (χ4n) is 4.04. The Morgan fingerprint density at radius 3 is 2.90 bits per heavy atom. The fraction of sp³-hybridized carbons (Fsp3) is 0.500. The Labute approximate surface area is 181 Å². The molecule has 3 rings (SSSR count). The zero-order valence-electron chi connectivity index (χ0n) is 17.6. The van der Waals surface area contributed by atoms with Gasteiger partial charge in [-0.2, -0.15) is 5.26 Å². The molecule has 1 aromatic rings. The van der Waals surface area contributed by atoms with E-state index in [9.17, 15) is 14.4 Å². The molecule has 0 aliphatic carbocycles. The number of unbranched alkanes of at least 4 members (excludes halogenated alkanes) is 2. The number of nitriles is 1. The van der Waals surface area contributed by atoms with Crippen molar-refractivity contribution in [1.29, 1.82) is 5.26 Å². The van der Waals surface area contributed by atoms with Crippen molar-refractivity contribution in [2.24, 2.45) is 10.9 Å². The molecule has 2 aliphatic rings. The third-order valence-electron chi connectivity index (χ3n) is 5.61. The summed E-state index contributed by atoms with van der Waals surface area (Å²) < 4.78 is 0. The Morgan fingerprint density at radius 1 is 1.39 bits per heavy atom. The molecule has 2 atom stereocenters. The average molecular weight is 425 g/mol. The second kappa shape index (κ2) is 9.60. The van der Waals surface area contributed by atoms with E-state index in [0.717, 1.165) is 24.8 Å². The summed E-state index contributed by atoms with van der Waals surface area (Å²) in [4.78, 5) is 43.3. The predicted octanol–water partition coefficient (Wildman–Crippen LogP) is 2.07. The van der Waals surface area contributed by atoms with Crippen molar-refractivity contribution in [2.75, 3.05) is 11.9 Å². The molecule has 3 amide bonds. The van der Waals surface area contributed by atoms with Crippen LogP contribution in [0.25, 0.3) is 0 Å². The van der Waals surface area contributed by atoms with Crippen LogP contribution in [0.3, 0.4) is 0 Å². The third kappa shape index (κ3) is 5.20. The van der Waals surface area contributed by atoms with Crippen LogP contribution in [-0.4, -0.2) is 46.5 Å². The molecule has 1 fully saturated rings. The zero-order chi connectivity index (χ0) is 22.4. The standard InChI is InChI=1S/C22H27N5O4/c1-2-3-4-8-19(28)25-16-7-5-6-15(11-16)17-12-22(31-26-17)13-18(21(24)30)27(14-22)20(29)9-10-23/h5-7,11,18H,2-4,8-9,12-14H2,1H3,(H2,24,30)(H,25,28)/t18-,22?/m1/s1. The summed E-state index contributed by atoms with van der Waals surface area (Å²) in [6.07, 6.45) is 3.69. The molecule has 0 saturated carbocycles. The summed E-state index contributed by atoms with van der Waals surface area (Å²) >= 11 is 0. The van der Waals surface area contributed by atoms with Crippen molar-refractivity contribution in [3.8, 4) is 6.07 Å². The number of benzene rings is 1. The highest BCUT2D eigenvalue weighted by molar-refractivity contribution is 6.03. The molecule has 0 radical (unpaired) electrons. The van der Waals surface area contributed by atoms with Gasteiger partial charge in [-0.25, -0.2) is 0 Å². The maximum absolute atomic E-state index is 12.3. The average Bonchev–Trinajstić information content (AvgIpc) is 3.33. The minimum Gasteiger partial charge on any atom is -0.387 e. The normalized spacial score (nSPS) is 22.0. The number of rotatable bonds is 8. The first-order valence-corrected chi connectivity index (χ1v) is 10.5. The van der Waals surface area contributed by atoms with Gasteiger partial charge >= 0.3 is 0 Å². The predicted molar refractivity (Wildman–Crippen MR) is 114 cm³/mol. The lowest BCUT2D eigenvalue weighted by molar-refractivity contribution is -0.136. The Morgan fingerprint density at radius 2 is 2.19 bits per heavy atom. The number of hydrogen-bond acceptors (Lipinski definition) is 6. The number of hydrogen-bond donors (Lipinski definition) is 2. The molecule has 31 heavy (non-hydrogen) atoms. The van der Waals surface area contributed by atoms with Crippen molar-refractivity contribution in [3.63, 3.8) is 0 Å². The van der Waals surface area contributed by atoms with Gasteiger partial charge in [0.05, 0.1) is 18.3 Å². The summed E-state index contributed by atoms with van der Waals surface area (Å²) in [6.45, 7) is 2.23. The highest BCUT2D eigenvalue weighted by Crippen LogP contribution is 2.39. The quantitative estimate of drug-likeness (QED) is 0.614. The van der Waals surface area contributed by atoms with Crippen LogP contribution in [-0.2, 0) is 19.2 Å². The van der Waals surface area contributed by atoms with E-state index in [2.05, 4.69) is 17.4 Å². The van der Waals surface area contributed by atoms with E-state index in [0.29, 0.717) is 24.2 Å². The Bertz CT molecular complexity index is 938. The number of nitrogens with zero attached hydrogens (tertiary/aromatic N) is 3. The smallest absolute Gasteiger partial charge is 0.240 e. The van der Waals surface area contributed by atoms with Crippen LogP contribution in [0.5, 0.6) is 0 Å². The minimum absolute atomic E-state index is 0.0292. The molecular formula is C22H27N5O4.